The van der Waals surface area contributed by atoms with Crippen LogP contribution in [-0.4, -0.2) is 23.6 Å². The molecule has 0 heterocycles. The van der Waals surface area contributed by atoms with Crippen LogP contribution in [0.15, 0.2) is 11.6 Å². The van der Waals surface area contributed by atoms with Gasteiger partial charge in [-0.3, -0.25) is 9.59 Å². The third kappa shape index (κ3) is 2.97. The number of ketones is 2. The molecule has 0 unspecified atom stereocenters. The van der Waals surface area contributed by atoms with Gasteiger partial charge in [0, 0.05) is 6.42 Å². The Hall–Kier alpha value is -1.53. The molecular formula is C9H12N2O4. The number of hydrogen-bond donors (Lipinski definition) is 2. The van der Waals surface area contributed by atoms with E-state index in [2.05, 4.69) is 10.7 Å². The first kappa shape index (κ1) is 11.5. The summed E-state index contributed by atoms with van der Waals surface area (Å²) < 4.78 is 0. The summed E-state index contributed by atoms with van der Waals surface area (Å²) in [7, 11) is 0. The Morgan fingerprint density at radius 3 is 2.67 bits per heavy atom. The summed E-state index contributed by atoms with van der Waals surface area (Å²) >= 11 is 0. The average molecular weight is 212 g/mol. The van der Waals surface area contributed by atoms with Crippen LogP contribution in [0.3, 0.4) is 0 Å². The quantitative estimate of drug-likeness (QED) is 0.457. The van der Waals surface area contributed by atoms with Gasteiger partial charge in [0.2, 0.25) is 11.6 Å². The second-order valence-corrected chi connectivity index (χ2v) is 3.34. The Kier molecular flexibility index (Phi) is 3.70. The standard InChI is InChI=1S/C9H12N2O4/c10-6(9(14)15-11)3-5-1-2-7(12)8(13)4-5/h4,6H,1-3,10-11H2/t6-/m0/s1. The van der Waals surface area contributed by atoms with Crippen molar-refractivity contribution < 1.29 is 19.2 Å². The number of carbonyl (C=O) groups is 3. The molecule has 15 heavy (non-hydrogen) atoms. The average Bonchev–Trinajstić information content (AvgIpc) is 2.22. The van der Waals surface area contributed by atoms with Crippen LogP contribution in [0.4, 0.5) is 0 Å². The van der Waals surface area contributed by atoms with Crippen LogP contribution in [0.5, 0.6) is 0 Å². The molecule has 0 saturated heterocycles. The molecule has 1 atom stereocenters. The summed E-state index contributed by atoms with van der Waals surface area (Å²) in [5.74, 6) is 2.98. The Morgan fingerprint density at radius 2 is 2.13 bits per heavy atom. The van der Waals surface area contributed by atoms with Crippen molar-refractivity contribution in [3.05, 3.63) is 11.6 Å². The number of nitrogens with two attached hydrogens (primary N) is 2. The predicted octanol–water partition coefficient (Wildman–Crippen LogP) is -1.02. The number of rotatable bonds is 3. The van der Waals surface area contributed by atoms with Gasteiger partial charge >= 0.3 is 5.97 Å². The Bertz CT molecular complexity index is 335. The predicted molar refractivity (Wildman–Crippen MR) is 50.2 cm³/mol. The van der Waals surface area contributed by atoms with Gasteiger partial charge in [-0.25, -0.2) is 4.79 Å². The first-order chi connectivity index (χ1) is 7.04. The van der Waals surface area contributed by atoms with Crippen LogP contribution < -0.4 is 11.6 Å². The monoisotopic (exact) mass is 212 g/mol. The van der Waals surface area contributed by atoms with Crippen LogP contribution in [0, 0.1) is 0 Å². The summed E-state index contributed by atoms with van der Waals surface area (Å²) in [6.45, 7) is 0. The number of carbonyl (C=O) groups excluding carboxylic acids is 3. The Morgan fingerprint density at radius 1 is 1.47 bits per heavy atom. The lowest BCUT2D eigenvalue weighted by molar-refractivity contribution is -0.145. The summed E-state index contributed by atoms with van der Waals surface area (Å²) in [6.07, 6.45) is 2.05. The van der Waals surface area contributed by atoms with E-state index in [0.717, 1.165) is 0 Å². The molecule has 0 aliphatic heterocycles. The molecule has 0 aromatic carbocycles. The van der Waals surface area contributed by atoms with E-state index in [0.29, 0.717) is 12.0 Å². The van der Waals surface area contributed by atoms with Crippen molar-refractivity contribution in [3.63, 3.8) is 0 Å². The van der Waals surface area contributed by atoms with Crippen LogP contribution in [0.1, 0.15) is 19.3 Å². The van der Waals surface area contributed by atoms with Gasteiger partial charge in [0.25, 0.3) is 0 Å². The molecule has 0 aromatic heterocycles. The lowest BCUT2D eigenvalue weighted by atomic mass is 9.93. The van der Waals surface area contributed by atoms with Crippen molar-refractivity contribution in [1.29, 1.82) is 0 Å². The molecule has 6 heteroatoms. The first-order valence-corrected chi connectivity index (χ1v) is 4.47. The van der Waals surface area contributed by atoms with Crippen molar-refractivity contribution in [1.82, 2.24) is 0 Å². The number of Topliss-reactive ketones (excluding diaryl/α,β-unsaturated/α-hetero) is 1. The van der Waals surface area contributed by atoms with Crippen molar-refractivity contribution >= 4 is 17.5 Å². The van der Waals surface area contributed by atoms with Crippen molar-refractivity contribution in [2.45, 2.75) is 25.3 Å². The molecule has 1 rings (SSSR count). The minimum atomic E-state index is -0.887. The highest BCUT2D eigenvalue weighted by molar-refractivity contribution is 6.42. The summed E-state index contributed by atoms with van der Waals surface area (Å²) in [5.41, 5.74) is 6.13. The molecule has 0 saturated carbocycles. The number of allylic oxidation sites excluding steroid dienone is 1. The lowest BCUT2D eigenvalue weighted by Crippen LogP contribution is -2.35. The molecule has 0 fully saturated rings. The highest BCUT2D eigenvalue weighted by atomic mass is 16.7. The zero-order valence-electron chi connectivity index (χ0n) is 8.06. The molecule has 1 aliphatic carbocycles. The first-order valence-electron chi connectivity index (χ1n) is 4.47. The fourth-order valence-corrected chi connectivity index (χ4v) is 1.35. The SMILES string of the molecule is NOC(=O)[C@@H](N)CC1=CC(=O)C(=O)CC1. The van der Waals surface area contributed by atoms with Crippen LogP contribution in [-0.2, 0) is 19.2 Å². The topological polar surface area (TPSA) is 112 Å². The van der Waals surface area contributed by atoms with Gasteiger partial charge in [-0.2, -0.15) is 5.90 Å². The molecule has 0 aromatic rings. The van der Waals surface area contributed by atoms with Gasteiger partial charge in [0.1, 0.15) is 6.04 Å². The van der Waals surface area contributed by atoms with Gasteiger partial charge in [-0.1, -0.05) is 5.57 Å². The van der Waals surface area contributed by atoms with Crippen LogP contribution >= 0.6 is 0 Å². The zero-order valence-corrected chi connectivity index (χ0v) is 8.06. The smallest absolute Gasteiger partial charge is 0.341 e. The molecule has 0 amide bonds. The van der Waals surface area contributed by atoms with Gasteiger partial charge < -0.3 is 10.6 Å². The van der Waals surface area contributed by atoms with Gasteiger partial charge in [0.05, 0.1) is 0 Å². The maximum Gasteiger partial charge on any atom is 0.341 e. The summed E-state index contributed by atoms with van der Waals surface area (Å²) in [6, 6.07) is -0.887. The third-order valence-electron chi connectivity index (χ3n) is 2.18. The molecule has 82 valence electrons. The minimum absolute atomic E-state index is 0.176. The van der Waals surface area contributed by atoms with E-state index in [9.17, 15) is 14.4 Å². The summed E-state index contributed by atoms with van der Waals surface area (Å²) in [4.78, 5) is 36.7. The van der Waals surface area contributed by atoms with Crippen molar-refractivity contribution in [2.24, 2.45) is 11.6 Å². The lowest BCUT2D eigenvalue weighted by Gasteiger charge is -2.14. The van der Waals surface area contributed by atoms with E-state index in [-0.39, 0.29) is 12.8 Å². The zero-order chi connectivity index (χ0) is 11.4. The van der Waals surface area contributed by atoms with E-state index >= 15 is 0 Å². The molecule has 1 aliphatic rings. The molecule has 6 nitrogen and oxygen atoms in total. The Balaban J connectivity index is 2.60. The maximum atomic E-state index is 11.0. The molecule has 0 spiro atoms. The van der Waals surface area contributed by atoms with Crippen LogP contribution in [0.2, 0.25) is 0 Å². The van der Waals surface area contributed by atoms with Crippen molar-refractivity contribution in [2.75, 3.05) is 0 Å². The minimum Gasteiger partial charge on any atom is -0.372 e. The van der Waals surface area contributed by atoms with E-state index in [1.165, 1.54) is 6.08 Å². The fraction of sp³-hybridized carbons (Fsp3) is 0.444. The van der Waals surface area contributed by atoms with Gasteiger partial charge in [-0.15, -0.1) is 0 Å². The highest BCUT2D eigenvalue weighted by Gasteiger charge is 2.22. The third-order valence-corrected chi connectivity index (χ3v) is 2.18. The fourth-order valence-electron chi connectivity index (χ4n) is 1.35. The van der Waals surface area contributed by atoms with Gasteiger partial charge in [0.15, 0.2) is 0 Å². The molecular weight excluding hydrogens is 200 g/mol. The molecule has 0 bridgehead atoms. The van der Waals surface area contributed by atoms with E-state index in [1.807, 2.05) is 0 Å². The van der Waals surface area contributed by atoms with E-state index < -0.39 is 23.6 Å². The largest absolute Gasteiger partial charge is 0.372 e. The second-order valence-electron chi connectivity index (χ2n) is 3.34. The normalized spacial score (nSPS) is 18.4. The molecule has 0 radical (unpaired) electrons. The summed E-state index contributed by atoms with van der Waals surface area (Å²) in [5, 5.41) is 0. The second kappa shape index (κ2) is 4.81. The molecule has 4 N–H and O–H groups in total. The van der Waals surface area contributed by atoms with Crippen LogP contribution in [0.25, 0.3) is 0 Å². The number of hydrogen-bond acceptors (Lipinski definition) is 6. The van der Waals surface area contributed by atoms with E-state index in [1.54, 1.807) is 0 Å². The highest BCUT2D eigenvalue weighted by Crippen LogP contribution is 2.17. The Labute approximate surface area is 86.2 Å². The van der Waals surface area contributed by atoms with Crippen molar-refractivity contribution in [3.8, 4) is 0 Å². The van der Waals surface area contributed by atoms with E-state index in [4.69, 9.17) is 5.73 Å². The van der Waals surface area contributed by atoms with Gasteiger partial charge in [-0.05, 0) is 18.9 Å². The maximum absolute atomic E-state index is 11.0.